The van der Waals surface area contributed by atoms with E-state index in [0.717, 1.165) is 37.2 Å². The van der Waals surface area contributed by atoms with Gasteiger partial charge in [0.15, 0.2) is 5.78 Å². The molecule has 1 fully saturated rings. The van der Waals surface area contributed by atoms with Gasteiger partial charge in [-0.3, -0.25) is 14.5 Å². The molecule has 0 saturated carbocycles. The highest BCUT2D eigenvalue weighted by Crippen LogP contribution is 2.27. The summed E-state index contributed by atoms with van der Waals surface area (Å²) in [6.07, 6.45) is 2.52. The summed E-state index contributed by atoms with van der Waals surface area (Å²) in [5, 5.41) is 2.98. The van der Waals surface area contributed by atoms with Crippen molar-refractivity contribution in [2.75, 3.05) is 26.7 Å². The maximum atomic E-state index is 13.0. The van der Waals surface area contributed by atoms with Crippen molar-refractivity contribution in [3.8, 4) is 5.75 Å². The van der Waals surface area contributed by atoms with Gasteiger partial charge in [-0.25, -0.2) is 4.39 Å². The van der Waals surface area contributed by atoms with Crippen LogP contribution in [-0.2, 0) is 4.79 Å². The second-order valence-electron chi connectivity index (χ2n) is 7.27. The Morgan fingerprint density at radius 1 is 1.10 bits per heavy atom. The normalized spacial score (nSPS) is 15.1. The van der Waals surface area contributed by atoms with E-state index in [9.17, 15) is 14.0 Å². The average molecular weight is 398 g/mol. The molecule has 1 heterocycles. The summed E-state index contributed by atoms with van der Waals surface area (Å²) in [4.78, 5) is 26.9. The van der Waals surface area contributed by atoms with Crippen LogP contribution in [0.3, 0.4) is 0 Å². The van der Waals surface area contributed by atoms with Gasteiger partial charge in [0.1, 0.15) is 11.6 Å². The number of likely N-dealkylation sites (tertiary alicyclic amines) is 1. The Balaban J connectivity index is 1.56. The monoisotopic (exact) mass is 398 g/mol. The molecule has 2 aromatic carbocycles. The van der Waals surface area contributed by atoms with Crippen LogP contribution in [0.25, 0.3) is 0 Å². The topological polar surface area (TPSA) is 58.6 Å². The van der Waals surface area contributed by atoms with E-state index in [2.05, 4.69) is 16.3 Å². The first-order chi connectivity index (χ1) is 14.1. The van der Waals surface area contributed by atoms with E-state index in [4.69, 9.17) is 4.74 Å². The smallest absolute Gasteiger partial charge is 0.220 e. The average Bonchev–Trinajstić information content (AvgIpc) is 3.27. The van der Waals surface area contributed by atoms with Crippen molar-refractivity contribution < 1.29 is 18.7 Å². The third-order valence-electron chi connectivity index (χ3n) is 5.30. The number of rotatable bonds is 9. The zero-order valence-corrected chi connectivity index (χ0v) is 16.7. The van der Waals surface area contributed by atoms with Crippen LogP contribution in [0, 0.1) is 5.82 Å². The van der Waals surface area contributed by atoms with E-state index in [1.165, 1.54) is 24.3 Å². The molecule has 1 unspecified atom stereocenters. The molecule has 3 rings (SSSR count). The van der Waals surface area contributed by atoms with Crippen molar-refractivity contribution in [2.24, 2.45) is 0 Å². The second-order valence-corrected chi connectivity index (χ2v) is 7.27. The molecule has 1 amide bonds. The molecule has 0 aromatic heterocycles. The van der Waals surface area contributed by atoms with Crippen molar-refractivity contribution in [2.45, 2.75) is 31.7 Å². The predicted octanol–water partition coefficient (Wildman–Crippen LogP) is 3.75. The van der Waals surface area contributed by atoms with E-state index in [1.807, 2.05) is 18.2 Å². The molecule has 1 atom stereocenters. The fourth-order valence-corrected chi connectivity index (χ4v) is 3.67. The lowest BCUT2D eigenvalue weighted by atomic mass is 10.0. The molecule has 1 aliphatic heterocycles. The molecule has 2 aromatic rings. The largest absolute Gasteiger partial charge is 0.497 e. The molecule has 0 radical (unpaired) electrons. The minimum absolute atomic E-state index is 0.0735. The zero-order chi connectivity index (χ0) is 20.6. The highest BCUT2D eigenvalue weighted by atomic mass is 19.1. The lowest BCUT2D eigenvalue weighted by molar-refractivity contribution is -0.121. The first-order valence-corrected chi connectivity index (χ1v) is 10.0. The molecule has 154 valence electrons. The number of carbonyl (C=O) groups excluding carboxylic acids is 2. The lowest BCUT2D eigenvalue weighted by Gasteiger charge is -2.28. The molecule has 1 saturated heterocycles. The molecule has 29 heavy (non-hydrogen) atoms. The number of amides is 1. The Labute approximate surface area is 170 Å². The number of Topliss-reactive ketones (excluding diaryl/α,β-unsaturated/α-hetero) is 1. The van der Waals surface area contributed by atoms with Gasteiger partial charge in [0.05, 0.1) is 13.2 Å². The summed E-state index contributed by atoms with van der Waals surface area (Å²) in [7, 11) is 1.64. The quantitative estimate of drug-likeness (QED) is 0.654. The standard InChI is InChI=1S/C23H27FN2O3/c1-29-20-6-4-5-18(15-20)21(26-13-2-3-14-26)16-25-23(28)12-11-22(27)17-7-9-19(24)10-8-17/h4-10,15,21H,2-3,11-14,16H2,1H3,(H,25,28). The van der Waals surface area contributed by atoms with E-state index >= 15 is 0 Å². The van der Waals surface area contributed by atoms with Crippen LogP contribution in [0.4, 0.5) is 4.39 Å². The van der Waals surface area contributed by atoms with Gasteiger partial charge >= 0.3 is 0 Å². The van der Waals surface area contributed by atoms with Gasteiger partial charge in [-0.1, -0.05) is 12.1 Å². The van der Waals surface area contributed by atoms with Gasteiger partial charge in [-0.2, -0.15) is 0 Å². The van der Waals surface area contributed by atoms with Gasteiger partial charge < -0.3 is 10.1 Å². The molecule has 1 aliphatic rings. The molecule has 1 N–H and O–H groups in total. The number of halogens is 1. The van der Waals surface area contributed by atoms with Crippen molar-refractivity contribution >= 4 is 11.7 Å². The first kappa shape index (κ1) is 21.0. The van der Waals surface area contributed by atoms with Crippen molar-refractivity contribution in [3.05, 3.63) is 65.5 Å². The third-order valence-corrected chi connectivity index (χ3v) is 5.30. The van der Waals surface area contributed by atoms with Crippen LogP contribution in [0.5, 0.6) is 5.75 Å². The van der Waals surface area contributed by atoms with Crippen molar-refractivity contribution in [1.82, 2.24) is 10.2 Å². The summed E-state index contributed by atoms with van der Waals surface area (Å²) >= 11 is 0. The number of hydrogen-bond donors (Lipinski definition) is 1. The van der Waals surface area contributed by atoms with Gasteiger partial charge in [0, 0.05) is 24.9 Å². The van der Waals surface area contributed by atoms with E-state index in [0.29, 0.717) is 12.1 Å². The molecule has 0 aliphatic carbocycles. The Hall–Kier alpha value is -2.73. The van der Waals surface area contributed by atoms with Gasteiger partial charge in [-0.05, 0) is 67.9 Å². The van der Waals surface area contributed by atoms with Crippen LogP contribution in [-0.4, -0.2) is 43.3 Å². The number of ketones is 1. The second kappa shape index (κ2) is 10.2. The van der Waals surface area contributed by atoms with Gasteiger partial charge in [0.25, 0.3) is 0 Å². The molecular weight excluding hydrogens is 371 g/mol. The third kappa shape index (κ3) is 5.87. The minimum atomic E-state index is -0.384. The van der Waals surface area contributed by atoms with Gasteiger partial charge in [0.2, 0.25) is 5.91 Å². The maximum absolute atomic E-state index is 13.0. The highest BCUT2D eigenvalue weighted by Gasteiger charge is 2.24. The summed E-state index contributed by atoms with van der Waals surface area (Å²) < 4.78 is 18.3. The fourth-order valence-electron chi connectivity index (χ4n) is 3.67. The number of methoxy groups -OCH3 is 1. The van der Waals surface area contributed by atoms with E-state index in [-0.39, 0.29) is 36.4 Å². The highest BCUT2D eigenvalue weighted by molar-refractivity contribution is 5.97. The van der Waals surface area contributed by atoms with E-state index in [1.54, 1.807) is 7.11 Å². The molecule has 6 heteroatoms. The SMILES string of the molecule is COc1cccc(C(CNC(=O)CCC(=O)c2ccc(F)cc2)N2CCCC2)c1. The number of benzene rings is 2. The van der Waals surface area contributed by atoms with Crippen LogP contribution < -0.4 is 10.1 Å². The van der Waals surface area contributed by atoms with Gasteiger partial charge in [-0.15, -0.1) is 0 Å². The number of nitrogens with one attached hydrogen (secondary N) is 1. The zero-order valence-electron chi connectivity index (χ0n) is 16.7. The molecule has 5 nitrogen and oxygen atoms in total. The van der Waals surface area contributed by atoms with Crippen LogP contribution in [0.1, 0.15) is 47.6 Å². The summed E-state index contributed by atoms with van der Waals surface area (Å²) in [6, 6.07) is 13.4. The van der Waals surface area contributed by atoms with Crippen molar-refractivity contribution in [1.29, 1.82) is 0 Å². The number of ether oxygens (including phenoxy) is 1. The first-order valence-electron chi connectivity index (χ1n) is 10.0. The van der Waals surface area contributed by atoms with Crippen LogP contribution >= 0.6 is 0 Å². The van der Waals surface area contributed by atoms with Crippen molar-refractivity contribution in [3.63, 3.8) is 0 Å². The summed E-state index contributed by atoms with van der Waals surface area (Å²) in [6.45, 7) is 2.48. The Morgan fingerprint density at radius 2 is 1.83 bits per heavy atom. The number of hydrogen-bond acceptors (Lipinski definition) is 4. The Bertz CT molecular complexity index is 832. The lowest BCUT2D eigenvalue weighted by Crippen LogP contribution is -2.36. The minimum Gasteiger partial charge on any atom is -0.497 e. The molecule has 0 spiro atoms. The van der Waals surface area contributed by atoms with Crippen LogP contribution in [0.2, 0.25) is 0 Å². The molecular formula is C23H27FN2O3. The fraction of sp³-hybridized carbons (Fsp3) is 0.391. The maximum Gasteiger partial charge on any atom is 0.220 e. The summed E-state index contributed by atoms with van der Waals surface area (Å²) in [5.41, 5.74) is 1.53. The Kier molecular flexibility index (Phi) is 7.36. The predicted molar refractivity (Wildman–Crippen MR) is 110 cm³/mol. The summed E-state index contributed by atoms with van der Waals surface area (Å²) in [5.74, 6) is 0.0873. The van der Waals surface area contributed by atoms with E-state index < -0.39 is 0 Å². The molecule has 0 bridgehead atoms. The van der Waals surface area contributed by atoms with Crippen LogP contribution in [0.15, 0.2) is 48.5 Å². The number of nitrogens with zero attached hydrogens (tertiary/aromatic N) is 1. The number of carbonyl (C=O) groups is 2. The Morgan fingerprint density at radius 3 is 2.52 bits per heavy atom.